The summed E-state index contributed by atoms with van der Waals surface area (Å²) in [6.07, 6.45) is 4.19. The second-order valence-electron chi connectivity index (χ2n) is 5.35. The van der Waals surface area contributed by atoms with Gasteiger partial charge in [-0.05, 0) is 35.9 Å². The Morgan fingerprint density at radius 3 is 2.30 bits per heavy atom. The molecule has 0 aliphatic heterocycles. The fourth-order valence-electron chi connectivity index (χ4n) is 2.43. The molecule has 4 nitrogen and oxygen atoms in total. The predicted octanol–water partition coefficient (Wildman–Crippen LogP) is 3.18. The molecule has 1 aliphatic rings. The van der Waals surface area contributed by atoms with Crippen LogP contribution >= 0.6 is 0 Å². The monoisotopic (exact) mass is 303 g/mol. The van der Waals surface area contributed by atoms with Gasteiger partial charge in [0.05, 0.1) is 5.71 Å². The molecular weight excluding hydrogens is 286 g/mol. The molecule has 3 rings (SSSR count). The average Bonchev–Trinajstić information content (AvgIpc) is 2.57. The van der Waals surface area contributed by atoms with E-state index in [1.165, 1.54) is 0 Å². The van der Waals surface area contributed by atoms with E-state index >= 15 is 0 Å². The number of rotatable bonds is 2. The first kappa shape index (κ1) is 14.8. The van der Waals surface area contributed by atoms with E-state index in [2.05, 4.69) is 4.99 Å². The van der Waals surface area contributed by atoms with Crippen LogP contribution in [0, 0.1) is 0 Å². The predicted molar refractivity (Wildman–Crippen MR) is 93.9 cm³/mol. The highest BCUT2D eigenvalue weighted by Gasteiger charge is 2.16. The summed E-state index contributed by atoms with van der Waals surface area (Å²) in [6, 6.07) is 16.5. The fourth-order valence-corrected chi connectivity index (χ4v) is 2.43. The number of amides is 1. The number of anilines is 1. The highest BCUT2D eigenvalue weighted by molar-refractivity contribution is 6.28. The van der Waals surface area contributed by atoms with Crippen LogP contribution in [0.3, 0.4) is 0 Å². The van der Waals surface area contributed by atoms with Crippen LogP contribution in [0.5, 0.6) is 0 Å². The molecule has 0 atom stereocenters. The maximum atomic E-state index is 12.4. The van der Waals surface area contributed by atoms with Crippen molar-refractivity contribution in [1.29, 1.82) is 0 Å². The van der Waals surface area contributed by atoms with Crippen LogP contribution in [0.4, 0.5) is 5.69 Å². The zero-order valence-corrected chi connectivity index (χ0v) is 12.6. The minimum atomic E-state index is -0.267. The number of allylic oxidation sites excluding steroid dienone is 4. The Hall–Kier alpha value is -3.14. The molecule has 4 N–H and O–H groups in total. The molecule has 0 saturated carbocycles. The van der Waals surface area contributed by atoms with E-state index in [1.54, 1.807) is 12.1 Å². The molecule has 0 spiro atoms. The summed E-state index contributed by atoms with van der Waals surface area (Å²) < 4.78 is 0. The van der Waals surface area contributed by atoms with Gasteiger partial charge in [-0.1, -0.05) is 36.4 Å². The Morgan fingerprint density at radius 1 is 0.913 bits per heavy atom. The fraction of sp³-hybridized carbons (Fsp3) is 0.0526. The molecule has 0 unspecified atom stereocenters. The molecule has 0 aromatic heterocycles. The number of hydrogen-bond donors (Lipinski definition) is 2. The van der Waals surface area contributed by atoms with E-state index in [9.17, 15) is 4.79 Å². The van der Waals surface area contributed by atoms with Crippen molar-refractivity contribution in [3.8, 4) is 0 Å². The smallest absolute Gasteiger partial charge is 0.277 e. The largest absolute Gasteiger partial charge is 0.402 e. The average molecular weight is 303 g/mol. The SMILES string of the molecule is NC1=CC=C(c2ccc(N)cc2)C(=NC(=O)c2ccccc2)C1. The standard InChI is InChI=1S/C19H17N3O/c20-15-8-6-13(7-9-15)17-11-10-16(21)12-18(17)22-19(23)14-4-2-1-3-5-14/h1-11H,12,20-21H2. The zero-order chi connectivity index (χ0) is 16.2. The molecule has 23 heavy (non-hydrogen) atoms. The number of hydrogen-bond acceptors (Lipinski definition) is 3. The van der Waals surface area contributed by atoms with Crippen molar-refractivity contribution in [3.05, 3.63) is 83.6 Å². The van der Waals surface area contributed by atoms with E-state index in [-0.39, 0.29) is 5.91 Å². The lowest BCUT2D eigenvalue weighted by atomic mass is 9.93. The molecule has 0 saturated heterocycles. The molecule has 0 bridgehead atoms. The van der Waals surface area contributed by atoms with Crippen molar-refractivity contribution in [3.63, 3.8) is 0 Å². The molecule has 2 aromatic carbocycles. The Bertz CT molecular complexity index is 815. The third-order valence-electron chi connectivity index (χ3n) is 3.63. The Kier molecular flexibility index (Phi) is 4.06. The molecule has 0 fully saturated rings. The summed E-state index contributed by atoms with van der Waals surface area (Å²) in [6.45, 7) is 0. The van der Waals surface area contributed by atoms with Crippen molar-refractivity contribution >= 4 is 22.9 Å². The van der Waals surface area contributed by atoms with Gasteiger partial charge >= 0.3 is 0 Å². The number of nitrogens with zero attached hydrogens (tertiary/aromatic N) is 1. The topological polar surface area (TPSA) is 81.5 Å². The molecule has 1 amide bonds. The third kappa shape index (κ3) is 3.37. The number of carbonyl (C=O) groups is 1. The van der Waals surface area contributed by atoms with Crippen molar-refractivity contribution < 1.29 is 4.79 Å². The molecule has 1 aliphatic carbocycles. The Morgan fingerprint density at radius 2 is 1.61 bits per heavy atom. The highest BCUT2D eigenvalue weighted by Crippen LogP contribution is 2.24. The van der Waals surface area contributed by atoms with Crippen molar-refractivity contribution in [1.82, 2.24) is 0 Å². The lowest BCUT2D eigenvalue weighted by Gasteiger charge is -2.15. The lowest BCUT2D eigenvalue weighted by molar-refractivity contribution is 0.100. The number of carbonyl (C=O) groups excluding carboxylic acids is 1. The van der Waals surface area contributed by atoms with Gasteiger partial charge in [-0.3, -0.25) is 4.79 Å². The van der Waals surface area contributed by atoms with Crippen molar-refractivity contribution in [2.75, 3.05) is 5.73 Å². The first-order valence-electron chi connectivity index (χ1n) is 7.33. The molecule has 0 radical (unpaired) electrons. The van der Waals surface area contributed by atoms with Gasteiger partial charge in [0.25, 0.3) is 5.91 Å². The van der Waals surface area contributed by atoms with Gasteiger partial charge in [-0.2, -0.15) is 0 Å². The number of nitrogen functional groups attached to an aromatic ring is 1. The van der Waals surface area contributed by atoms with Gasteiger partial charge in [0.1, 0.15) is 0 Å². The summed E-state index contributed by atoms with van der Waals surface area (Å²) >= 11 is 0. The van der Waals surface area contributed by atoms with E-state index in [0.29, 0.717) is 29.1 Å². The van der Waals surface area contributed by atoms with Gasteiger partial charge in [-0.25, -0.2) is 4.99 Å². The molecule has 114 valence electrons. The van der Waals surface area contributed by atoms with Crippen LogP contribution < -0.4 is 11.5 Å². The normalized spacial score (nSPS) is 15.9. The van der Waals surface area contributed by atoms with E-state index in [4.69, 9.17) is 11.5 Å². The summed E-state index contributed by atoms with van der Waals surface area (Å²) in [4.78, 5) is 16.6. The Balaban J connectivity index is 1.98. The van der Waals surface area contributed by atoms with Crippen LogP contribution in [-0.4, -0.2) is 11.6 Å². The maximum Gasteiger partial charge on any atom is 0.277 e. The zero-order valence-electron chi connectivity index (χ0n) is 12.6. The third-order valence-corrected chi connectivity index (χ3v) is 3.63. The molecule has 0 heterocycles. The number of aliphatic imine (C=N–C) groups is 1. The van der Waals surface area contributed by atoms with Gasteiger partial charge < -0.3 is 11.5 Å². The van der Waals surface area contributed by atoms with Gasteiger partial charge in [0, 0.05) is 28.9 Å². The van der Waals surface area contributed by atoms with Crippen LogP contribution in [0.15, 0.2) is 77.4 Å². The minimum absolute atomic E-state index is 0.267. The quantitative estimate of drug-likeness (QED) is 0.836. The van der Waals surface area contributed by atoms with Crippen LogP contribution in [0.25, 0.3) is 5.57 Å². The maximum absolute atomic E-state index is 12.4. The summed E-state index contributed by atoms with van der Waals surface area (Å²) in [5, 5.41) is 0. The second kappa shape index (κ2) is 6.32. The van der Waals surface area contributed by atoms with Crippen molar-refractivity contribution in [2.24, 2.45) is 10.7 Å². The Labute approximate surface area is 134 Å². The molecular formula is C19H17N3O. The summed E-state index contributed by atoms with van der Waals surface area (Å²) in [5.74, 6) is -0.267. The number of nitrogens with two attached hydrogens (primary N) is 2. The van der Waals surface area contributed by atoms with Gasteiger partial charge in [-0.15, -0.1) is 0 Å². The second-order valence-corrected chi connectivity index (χ2v) is 5.35. The van der Waals surface area contributed by atoms with Crippen LogP contribution in [0.2, 0.25) is 0 Å². The number of benzene rings is 2. The van der Waals surface area contributed by atoms with Crippen LogP contribution in [0.1, 0.15) is 22.3 Å². The summed E-state index contributed by atoms with van der Waals surface area (Å²) in [7, 11) is 0. The molecule has 2 aromatic rings. The highest BCUT2D eigenvalue weighted by atomic mass is 16.1. The van der Waals surface area contributed by atoms with Gasteiger partial charge in [0.2, 0.25) is 0 Å². The van der Waals surface area contributed by atoms with Crippen molar-refractivity contribution in [2.45, 2.75) is 6.42 Å². The van der Waals surface area contributed by atoms with Gasteiger partial charge in [0.15, 0.2) is 0 Å². The van der Waals surface area contributed by atoms with Crippen LogP contribution in [-0.2, 0) is 0 Å². The minimum Gasteiger partial charge on any atom is -0.402 e. The first-order valence-corrected chi connectivity index (χ1v) is 7.33. The lowest BCUT2D eigenvalue weighted by Crippen LogP contribution is -2.14. The van der Waals surface area contributed by atoms with E-state index < -0.39 is 0 Å². The summed E-state index contributed by atoms with van der Waals surface area (Å²) in [5.41, 5.74) is 16.1. The molecule has 4 heteroatoms. The first-order chi connectivity index (χ1) is 11.1. The van der Waals surface area contributed by atoms with E-state index in [1.807, 2.05) is 54.6 Å². The van der Waals surface area contributed by atoms with E-state index in [0.717, 1.165) is 11.1 Å².